The van der Waals surface area contributed by atoms with Crippen LogP contribution < -0.4 is 10.2 Å². The molecular formula is C22H20ClN3O2S. The number of fused-ring (bicyclic) bond motifs is 1. The lowest BCUT2D eigenvalue weighted by Gasteiger charge is -2.27. The largest absolute Gasteiger partial charge is 0.367 e. The lowest BCUT2D eigenvalue weighted by Crippen LogP contribution is -2.53. The number of nitrogens with one attached hydrogen (secondary N) is 1. The average molecular weight is 426 g/mol. The molecule has 2 aromatic rings. The molecule has 2 heterocycles. The number of nitrogens with zero attached hydrogens (tertiary/aromatic N) is 2. The summed E-state index contributed by atoms with van der Waals surface area (Å²) < 4.78 is 0. The van der Waals surface area contributed by atoms with E-state index in [4.69, 9.17) is 23.8 Å². The number of carbonyl (C=O) groups excluding carboxylic acids is 2. The van der Waals surface area contributed by atoms with Gasteiger partial charge in [0.05, 0.1) is 0 Å². The summed E-state index contributed by atoms with van der Waals surface area (Å²) in [7, 11) is 0. The highest BCUT2D eigenvalue weighted by Crippen LogP contribution is 2.32. The molecule has 2 amide bonds. The summed E-state index contributed by atoms with van der Waals surface area (Å²) >= 11 is 11.4. The number of likely N-dealkylation sites (N-methyl/N-ethyl adjacent to an activating group) is 1. The Morgan fingerprint density at radius 2 is 2.00 bits per heavy atom. The van der Waals surface area contributed by atoms with Crippen molar-refractivity contribution in [2.75, 3.05) is 18.0 Å². The van der Waals surface area contributed by atoms with E-state index in [1.165, 1.54) is 10.5 Å². The van der Waals surface area contributed by atoms with Gasteiger partial charge < -0.3 is 4.90 Å². The van der Waals surface area contributed by atoms with Gasteiger partial charge in [-0.15, -0.1) is 0 Å². The molecule has 1 N–H and O–H groups in total. The van der Waals surface area contributed by atoms with Crippen LogP contribution in [0.1, 0.15) is 23.6 Å². The van der Waals surface area contributed by atoms with Crippen molar-refractivity contribution in [2.45, 2.75) is 19.9 Å². The fourth-order valence-electron chi connectivity index (χ4n) is 3.72. The SMILES string of the molecule is CCN1C(=O)/C(=C/c2ccc3c(c2)CCN3Cc2ccccc2Cl)C(=O)NC1=S. The number of benzene rings is 2. The predicted octanol–water partition coefficient (Wildman–Crippen LogP) is 3.55. The van der Waals surface area contributed by atoms with E-state index in [-0.39, 0.29) is 16.6 Å². The highest BCUT2D eigenvalue weighted by molar-refractivity contribution is 7.80. The molecule has 29 heavy (non-hydrogen) atoms. The molecule has 0 aromatic heterocycles. The van der Waals surface area contributed by atoms with Crippen LogP contribution in [-0.4, -0.2) is 34.9 Å². The highest BCUT2D eigenvalue weighted by atomic mass is 35.5. The third-order valence-electron chi connectivity index (χ3n) is 5.23. The molecule has 148 valence electrons. The van der Waals surface area contributed by atoms with E-state index >= 15 is 0 Å². The molecule has 2 aromatic carbocycles. The van der Waals surface area contributed by atoms with Gasteiger partial charge in [0, 0.05) is 30.3 Å². The van der Waals surface area contributed by atoms with E-state index in [1.807, 2.05) is 49.4 Å². The minimum absolute atomic E-state index is 0.103. The zero-order valence-corrected chi connectivity index (χ0v) is 17.5. The monoisotopic (exact) mass is 425 g/mol. The second kappa shape index (κ2) is 7.97. The van der Waals surface area contributed by atoms with E-state index in [0.29, 0.717) is 6.54 Å². The molecule has 1 saturated heterocycles. The Hall–Kier alpha value is -2.70. The van der Waals surface area contributed by atoms with E-state index < -0.39 is 5.91 Å². The van der Waals surface area contributed by atoms with Crippen LogP contribution in [0.2, 0.25) is 5.02 Å². The number of amides is 2. The first-order valence-electron chi connectivity index (χ1n) is 9.48. The van der Waals surface area contributed by atoms with Crippen molar-refractivity contribution < 1.29 is 9.59 Å². The van der Waals surface area contributed by atoms with Crippen LogP contribution in [0.4, 0.5) is 5.69 Å². The molecule has 0 aliphatic carbocycles. The van der Waals surface area contributed by atoms with Crippen molar-refractivity contribution in [1.82, 2.24) is 10.2 Å². The van der Waals surface area contributed by atoms with Gasteiger partial charge in [0.1, 0.15) is 5.57 Å². The van der Waals surface area contributed by atoms with Gasteiger partial charge in [-0.1, -0.05) is 35.9 Å². The van der Waals surface area contributed by atoms with Gasteiger partial charge in [0.25, 0.3) is 11.8 Å². The fourth-order valence-corrected chi connectivity index (χ4v) is 4.22. The van der Waals surface area contributed by atoms with Crippen LogP contribution >= 0.6 is 23.8 Å². The van der Waals surface area contributed by atoms with Crippen LogP contribution in [0.3, 0.4) is 0 Å². The van der Waals surface area contributed by atoms with Crippen LogP contribution in [0.5, 0.6) is 0 Å². The molecule has 2 aliphatic heterocycles. The third kappa shape index (κ3) is 3.78. The van der Waals surface area contributed by atoms with Crippen molar-refractivity contribution in [3.8, 4) is 0 Å². The Labute approximate surface area is 179 Å². The molecule has 2 aliphatic rings. The Bertz CT molecular complexity index is 1050. The van der Waals surface area contributed by atoms with E-state index in [0.717, 1.165) is 41.3 Å². The van der Waals surface area contributed by atoms with Gasteiger partial charge in [-0.25, -0.2) is 0 Å². The molecule has 0 radical (unpaired) electrons. The molecule has 0 atom stereocenters. The van der Waals surface area contributed by atoms with Gasteiger partial charge >= 0.3 is 0 Å². The zero-order chi connectivity index (χ0) is 20.5. The first-order valence-corrected chi connectivity index (χ1v) is 10.3. The Morgan fingerprint density at radius 1 is 1.21 bits per heavy atom. The van der Waals surface area contributed by atoms with E-state index in [9.17, 15) is 9.59 Å². The normalized spacial score (nSPS) is 17.7. The molecule has 1 fully saturated rings. The second-order valence-electron chi connectivity index (χ2n) is 7.02. The lowest BCUT2D eigenvalue weighted by atomic mass is 10.0. The minimum Gasteiger partial charge on any atom is -0.367 e. The van der Waals surface area contributed by atoms with Crippen LogP contribution in [-0.2, 0) is 22.6 Å². The number of hydrogen-bond acceptors (Lipinski definition) is 4. The number of hydrogen-bond donors (Lipinski definition) is 1. The molecule has 4 rings (SSSR count). The van der Waals surface area contributed by atoms with Crippen LogP contribution in [0, 0.1) is 0 Å². The Morgan fingerprint density at radius 3 is 2.76 bits per heavy atom. The van der Waals surface area contributed by atoms with Crippen molar-refractivity contribution in [2.24, 2.45) is 0 Å². The van der Waals surface area contributed by atoms with E-state index in [2.05, 4.69) is 10.2 Å². The molecule has 0 unspecified atom stereocenters. The lowest BCUT2D eigenvalue weighted by molar-refractivity contribution is -0.128. The quantitative estimate of drug-likeness (QED) is 0.462. The predicted molar refractivity (Wildman–Crippen MR) is 119 cm³/mol. The number of anilines is 1. The molecule has 0 bridgehead atoms. The molecular weight excluding hydrogens is 406 g/mol. The van der Waals surface area contributed by atoms with Gasteiger partial charge in [0.15, 0.2) is 5.11 Å². The number of carbonyl (C=O) groups is 2. The number of thiocarbonyl (C=S) groups is 1. The molecule has 0 saturated carbocycles. The summed E-state index contributed by atoms with van der Waals surface area (Å²) in [6.45, 7) is 3.88. The maximum atomic E-state index is 12.6. The summed E-state index contributed by atoms with van der Waals surface area (Å²) in [5.74, 6) is -0.812. The average Bonchev–Trinajstić information content (AvgIpc) is 3.09. The summed E-state index contributed by atoms with van der Waals surface area (Å²) in [4.78, 5) is 28.5. The van der Waals surface area contributed by atoms with Crippen molar-refractivity contribution in [1.29, 1.82) is 0 Å². The van der Waals surface area contributed by atoms with Crippen molar-refractivity contribution >= 4 is 52.5 Å². The smallest absolute Gasteiger partial charge is 0.265 e. The highest BCUT2D eigenvalue weighted by Gasteiger charge is 2.32. The topological polar surface area (TPSA) is 52.7 Å². The Balaban J connectivity index is 1.59. The maximum absolute atomic E-state index is 12.6. The first kappa shape index (κ1) is 19.6. The second-order valence-corrected chi connectivity index (χ2v) is 7.81. The van der Waals surface area contributed by atoms with Gasteiger partial charge in [-0.05, 0) is 66.5 Å². The van der Waals surface area contributed by atoms with Crippen LogP contribution in [0.15, 0.2) is 48.0 Å². The minimum atomic E-state index is -0.453. The summed E-state index contributed by atoms with van der Waals surface area (Å²) in [6, 6.07) is 13.9. The third-order valence-corrected chi connectivity index (χ3v) is 5.92. The van der Waals surface area contributed by atoms with Gasteiger partial charge in [0.2, 0.25) is 0 Å². The molecule has 7 heteroatoms. The van der Waals surface area contributed by atoms with Gasteiger partial charge in [-0.2, -0.15) is 0 Å². The molecule has 5 nitrogen and oxygen atoms in total. The van der Waals surface area contributed by atoms with Gasteiger partial charge in [-0.3, -0.25) is 19.8 Å². The van der Waals surface area contributed by atoms with Crippen LogP contribution in [0.25, 0.3) is 6.08 Å². The number of rotatable bonds is 4. The summed E-state index contributed by atoms with van der Waals surface area (Å²) in [6.07, 6.45) is 2.54. The maximum Gasteiger partial charge on any atom is 0.265 e. The van der Waals surface area contributed by atoms with Crippen molar-refractivity contribution in [3.05, 3.63) is 69.8 Å². The van der Waals surface area contributed by atoms with Crippen molar-refractivity contribution in [3.63, 3.8) is 0 Å². The van der Waals surface area contributed by atoms with E-state index in [1.54, 1.807) is 6.08 Å². The molecule has 0 spiro atoms. The summed E-state index contributed by atoms with van der Waals surface area (Å²) in [5.41, 5.74) is 4.37. The Kier molecular flexibility index (Phi) is 5.39. The standard InChI is InChI=1S/C22H20ClN3O2S/c1-2-26-21(28)17(20(27)24-22(26)29)12-14-7-8-19-15(11-14)9-10-25(19)13-16-5-3-4-6-18(16)23/h3-8,11-12H,2,9-10,13H2,1H3,(H,24,27,29)/b17-12+. The number of halogens is 1. The fraction of sp³-hybridized carbons (Fsp3) is 0.227. The zero-order valence-electron chi connectivity index (χ0n) is 15.9. The summed E-state index contributed by atoms with van der Waals surface area (Å²) in [5, 5.41) is 3.50. The first-order chi connectivity index (χ1) is 14.0.